The van der Waals surface area contributed by atoms with Crippen LogP contribution in [-0.4, -0.2) is 39.9 Å². The molecule has 1 atom stereocenters. The number of hydrogen-bond donors (Lipinski definition) is 2. The van der Waals surface area contributed by atoms with Crippen LogP contribution in [0.4, 0.5) is 0 Å². The number of aliphatic imine (C=N–C) groups is 1. The average molecular weight is 445 g/mol. The van der Waals surface area contributed by atoms with Gasteiger partial charge in [-0.3, -0.25) is 4.99 Å². The van der Waals surface area contributed by atoms with Gasteiger partial charge in [-0.05, 0) is 37.8 Å². The standard InChI is InChI=1S/C21H29BrN6/c1-3-18-26-19-10-9-15(13-28(19)27-18)25-20(23-4-2)24-14-21(11-12-21)16-7-5-6-8-17(16)22/h5-8,15H,3-4,9-14H2,1-2H3,(H2,23,24,25). The second-order valence-corrected chi connectivity index (χ2v) is 8.67. The lowest BCUT2D eigenvalue weighted by atomic mass is 9.96. The van der Waals surface area contributed by atoms with Crippen molar-refractivity contribution < 1.29 is 0 Å². The lowest BCUT2D eigenvalue weighted by molar-refractivity contribution is 0.392. The molecule has 1 aliphatic carbocycles. The van der Waals surface area contributed by atoms with E-state index in [-0.39, 0.29) is 5.41 Å². The number of benzene rings is 1. The van der Waals surface area contributed by atoms with E-state index < -0.39 is 0 Å². The summed E-state index contributed by atoms with van der Waals surface area (Å²) < 4.78 is 3.26. The van der Waals surface area contributed by atoms with E-state index in [0.717, 1.165) is 56.5 Å². The number of fused-ring (bicyclic) bond motifs is 1. The van der Waals surface area contributed by atoms with Crippen molar-refractivity contribution in [3.05, 3.63) is 46.0 Å². The van der Waals surface area contributed by atoms with Crippen LogP contribution in [0.25, 0.3) is 0 Å². The van der Waals surface area contributed by atoms with E-state index >= 15 is 0 Å². The number of rotatable bonds is 6. The Morgan fingerprint density at radius 3 is 2.86 bits per heavy atom. The molecule has 6 nitrogen and oxygen atoms in total. The topological polar surface area (TPSA) is 67.1 Å². The monoisotopic (exact) mass is 444 g/mol. The van der Waals surface area contributed by atoms with E-state index in [1.54, 1.807) is 0 Å². The van der Waals surface area contributed by atoms with Crippen LogP contribution in [0.15, 0.2) is 33.7 Å². The Kier molecular flexibility index (Phi) is 5.71. The van der Waals surface area contributed by atoms with Crippen LogP contribution < -0.4 is 10.6 Å². The van der Waals surface area contributed by atoms with Crippen molar-refractivity contribution in [3.8, 4) is 0 Å². The van der Waals surface area contributed by atoms with Crippen molar-refractivity contribution in [1.29, 1.82) is 0 Å². The summed E-state index contributed by atoms with van der Waals surface area (Å²) >= 11 is 3.72. The number of aryl methyl sites for hydroxylation is 2. The molecule has 2 heterocycles. The van der Waals surface area contributed by atoms with Crippen LogP contribution >= 0.6 is 15.9 Å². The molecule has 0 radical (unpaired) electrons. The van der Waals surface area contributed by atoms with Gasteiger partial charge in [0.25, 0.3) is 0 Å². The van der Waals surface area contributed by atoms with Gasteiger partial charge in [-0.1, -0.05) is 41.1 Å². The zero-order chi connectivity index (χ0) is 19.6. The minimum Gasteiger partial charge on any atom is -0.357 e. The lowest BCUT2D eigenvalue weighted by Crippen LogP contribution is -2.47. The summed E-state index contributed by atoms with van der Waals surface area (Å²) in [6, 6.07) is 8.88. The quantitative estimate of drug-likeness (QED) is 0.530. The largest absolute Gasteiger partial charge is 0.357 e. The Labute approximate surface area is 175 Å². The van der Waals surface area contributed by atoms with Gasteiger partial charge in [-0.15, -0.1) is 0 Å². The summed E-state index contributed by atoms with van der Waals surface area (Å²) in [5.41, 5.74) is 1.57. The second kappa shape index (κ2) is 8.23. The van der Waals surface area contributed by atoms with E-state index in [4.69, 9.17) is 4.99 Å². The molecule has 2 aromatic rings. The highest BCUT2D eigenvalue weighted by atomic mass is 79.9. The second-order valence-electron chi connectivity index (χ2n) is 7.82. The molecule has 1 fully saturated rings. The molecule has 1 aromatic heterocycles. The summed E-state index contributed by atoms with van der Waals surface area (Å²) in [5, 5.41) is 11.7. The van der Waals surface area contributed by atoms with Gasteiger partial charge < -0.3 is 10.6 Å². The number of hydrogen-bond acceptors (Lipinski definition) is 3. The molecule has 1 unspecified atom stereocenters. The maximum atomic E-state index is 4.96. The molecule has 0 spiro atoms. The average Bonchev–Trinajstić information content (AvgIpc) is 3.37. The molecule has 150 valence electrons. The van der Waals surface area contributed by atoms with Crippen LogP contribution in [0, 0.1) is 0 Å². The van der Waals surface area contributed by atoms with Gasteiger partial charge in [0.2, 0.25) is 0 Å². The maximum Gasteiger partial charge on any atom is 0.191 e. The van der Waals surface area contributed by atoms with E-state index in [2.05, 4.69) is 79.4 Å². The van der Waals surface area contributed by atoms with Crippen molar-refractivity contribution in [2.24, 2.45) is 4.99 Å². The molecule has 7 heteroatoms. The fourth-order valence-corrected chi connectivity index (χ4v) is 4.63. The highest BCUT2D eigenvalue weighted by Gasteiger charge is 2.45. The first-order chi connectivity index (χ1) is 13.6. The summed E-state index contributed by atoms with van der Waals surface area (Å²) in [6.45, 7) is 6.73. The predicted octanol–water partition coefficient (Wildman–Crippen LogP) is 3.20. The van der Waals surface area contributed by atoms with Gasteiger partial charge >= 0.3 is 0 Å². The van der Waals surface area contributed by atoms with Gasteiger partial charge in [-0.2, -0.15) is 5.10 Å². The van der Waals surface area contributed by atoms with Gasteiger partial charge in [0.1, 0.15) is 5.82 Å². The molecule has 2 N–H and O–H groups in total. The van der Waals surface area contributed by atoms with E-state index in [1.165, 1.54) is 22.9 Å². The fraction of sp³-hybridized carbons (Fsp3) is 0.571. The summed E-state index contributed by atoms with van der Waals surface area (Å²) in [5.74, 6) is 2.97. The Morgan fingerprint density at radius 1 is 1.32 bits per heavy atom. The summed E-state index contributed by atoms with van der Waals surface area (Å²) in [4.78, 5) is 9.58. The van der Waals surface area contributed by atoms with Crippen molar-refractivity contribution in [2.45, 2.75) is 64.0 Å². The van der Waals surface area contributed by atoms with Crippen LogP contribution in [0.2, 0.25) is 0 Å². The molecule has 4 rings (SSSR count). The van der Waals surface area contributed by atoms with Crippen LogP contribution in [-0.2, 0) is 24.8 Å². The Balaban J connectivity index is 1.44. The van der Waals surface area contributed by atoms with Crippen LogP contribution in [0.3, 0.4) is 0 Å². The first kappa shape index (κ1) is 19.4. The van der Waals surface area contributed by atoms with Crippen LogP contribution in [0.1, 0.15) is 50.3 Å². The summed E-state index contributed by atoms with van der Waals surface area (Å²) in [7, 11) is 0. The number of guanidine groups is 1. The minimum absolute atomic E-state index is 0.185. The van der Waals surface area contributed by atoms with E-state index in [0.29, 0.717) is 6.04 Å². The Morgan fingerprint density at radius 2 is 2.14 bits per heavy atom. The highest BCUT2D eigenvalue weighted by Crippen LogP contribution is 2.50. The maximum absolute atomic E-state index is 4.96. The van der Waals surface area contributed by atoms with E-state index in [1.807, 2.05) is 0 Å². The van der Waals surface area contributed by atoms with Gasteiger partial charge in [0.05, 0.1) is 13.1 Å². The number of nitrogens with zero attached hydrogens (tertiary/aromatic N) is 4. The molecule has 0 bridgehead atoms. The normalized spacial score (nSPS) is 20.5. The zero-order valence-electron chi connectivity index (χ0n) is 16.7. The third-order valence-electron chi connectivity index (χ3n) is 5.74. The van der Waals surface area contributed by atoms with Crippen molar-refractivity contribution in [1.82, 2.24) is 25.4 Å². The third kappa shape index (κ3) is 4.09. The Bertz CT molecular complexity index is 854. The predicted molar refractivity (Wildman–Crippen MR) is 116 cm³/mol. The van der Waals surface area contributed by atoms with E-state index in [9.17, 15) is 0 Å². The first-order valence-corrected chi connectivity index (χ1v) is 11.2. The van der Waals surface area contributed by atoms with Gasteiger partial charge in [0, 0.05) is 35.3 Å². The van der Waals surface area contributed by atoms with Crippen molar-refractivity contribution >= 4 is 21.9 Å². The molecule has 0 amide bonds. The molecule has 1 saturated carbocycles. The number of nitrogens with one attached hydrogen (secondary N) is 2. The molecule has 2 aliphatic rings. The van der Waals surface area contributed by atoms with Crippen molar-refractivity contribution in [2.75, 3.05) is 13.1 Å². The number of halogens is 1. The molecular weight excluding hydrogens is 416 g/mol. The number of aromatic nitrogens is 3. The zero-order valence-corrected chi connectivity index (χ0v) is 18.3. The lowest BCUT2D eigenvalue weighted by Gasteiger charge is -2.26. The SMILES string of the molecule is CCNC(=NCC1(c2ccccc2Br)CC1)NC1CCc2nc(CC)nn2C1. The molecule has 0 saturated heterocycles. The summed E-state index contributed by atoms with van der Waals surface area (Å²) in [6.07, 6.45) is 5.31. The van der Waals surface area contributed by atoms with Crippen LogP contribution in [0.5, 0.6) is 0 Å². The molecule has 1 aliphatic heterocycles. The molecular formula is C21H29BrN6. The molecule has 28 heavy (non-hydrogen) atoms. The highest BCUT2D eigenvalue weighted by molar-refractivity contribution is 9.10. The van der Waals surface area contributed by atoms with Gasteiger partial charge in [-0.25, -0.2) is 9.67 Å². The smallest absolute Gasteiger partial charge is 0.191 e. The third-order valence-corrected chi connectivity index (χ3v) is 6.43. The Hall–Kier alpha value is -1.89. The first-order valence-electron chi connectivity index (χ1n) is 10.4. The van der Waals surface area contributed by atoms with Crippen molar-refractivity contribution in [3.63, 3.8) is 0 Å². The minimum atomic E-state index is 0.185. The fourth-order valence-electron chi connectivity index (χ4n) is 3.93. The molecule has 1 aromatic carbocycles. The van der Waals surface area contributed by atoms with Gasteiger partial charge in [0.15, 0.2) is 11.8 Å².